The van der Waals surface area contributed by atoms with E-state index in [2.05, 4.69) is 0 Å². The average Bonchev–Trinajstić information content (AvgIpc) is 2.39. The molecule has 1 amide bonds. The molecule has 1 rings (SSSR count). The smallest absolute Gasteiger partial charge is 0.288 e. The number of hydrogen-bond acceptors (Lipinski definition) is 4. The third-order valence-corrected chi connectivity index (χ3v) is 2.87. The van der Waals surface area contributed by atoms with Gasteiger partial charge in [-0.1, -0.05) is 11.6 Å². The molecular weight excluding hydrogens is 270 g/mol. The van der Waals surface area contributed by atoms with Crippen molar-refractivity contribution < 1.29 is 9.72 Å². The zero-order valence-electron chi connectivity index (χ0n) is 10.3. The van der Waals surface area contributed by atoms with Crippen molar-refractivity contribution in [2.75, 3.05) is 13.1 Å². The Morgan fingerprint density at radius 1 is 1.58 bits per heavy atom. The van der Waals surface area contributed by atoms with Gasteiger partial charge in [0.15, 0.2) is 0 Å². The molecule has 0 aromatic heterocycles. The molecular formula is C12H12ClN3O3. The van der Waals surface area contributed by atoms with Crippen molar-refractivity contribution in [3.8, 4) is 6.07 Å². The van der Waals surface area contributed by atoms with Crippen molar-refractivity contribution in [1.29, 1.82) is 5.26 Å². The normalized spacial score (nSPS) is 9.74. The van der Waals surface area contributed by atoms with E-state index in [0.717, 1.165) is 6.07 Å². The molecule has 7 heteroatoms. The standard InChI is InChI=1S/C12H12ClN3O3/c1-2-15(7-3-6-14)12(17)9-4-5-10(13)11(8-9)16(18)19/h4-5,8H,2-3,7H2,1H3. The lowest BCUT2D eigenvalue weighted by Crippen LogP contribution is -2.31. The fraction of sp³-hybridized carbons (Fsp3) is 0.333. The van der Waals surface area contributed by atoms with Crippen LogP contribution in [0.3, 0.4) is 0 Å². The average molecular weight is 282 g/mol. The van der Waals surface area contributed by atoms with Crippen LogP contribution in [0.2, 0.25) is 5.02 Å². The van der Waals surface area contributed by atoms with E-state index in [9.17, 15) is 14.9 Å². The van der Waals surface area contributed by atoms with Gasteiger partial charge in [-0.15, -0.1) is 0 Å². The van der Waals surface area contributed by atoms with Crippen molar-refractivity contribution in [2.45, 2.75) is 13.3 Å². The van der Waals surface area contributed by atoms with E-state index in [-0.39, 0.29) is 28.6 Å². The van der Waals surface area contributed by atoms with Crippen molar-refractivity contribution in [1.82, 2.24) is 4.90 Å². The lowest BCUT2D eigenvalue weighted by molar-refractivity contribution is -0.384. The number of nitrogens with zero attached hydrogens (tertiary/aromatic N) is 3. The van der Waals surface area contributed by atoms with Crippen LogP contribution in [0, 0.1) is 21.4 Å². The molecule has 0 fully saturated rings. The number of benzene rings is 1. The van der Waals surface area contributed by atoms with E-state index in [1.54, 1.807) is 6.92 Å². The second kappa shape index (κ2) is 6.71. The van der Waals surface area contributed by atoms with Crippen LogP contribution >= 0.6 is 11.6 Å². The van der Waals surface area contributed by atoms with Gasteiger partial charge >= 0.3 is 0 Å². The van der Waals surface area contributed by atoms with Gasteiger partial charge in [0.25, 0.3) is 11.6 Å². The number of carbonyl (C=O) groups excluding carboxylic acids is 1. The summed E-state index contributed by atoms with van der Waals surface area (Å²) < 4.78 is 0. The minimum atomic E-state index is -0.634. The summed E-state index contributed by atoms with van der Waals surface area (Å²) in [4.78, 5) is 23.7. The van der Waals surface area contributed by atoms with Crippen LogP contribution in [0.4, 0.5) is 5.69 Å². The molecule has 0 aliphatic heterocycles. The van der Waals surface area contributed by atoms with Crippen molar-refractivity contribution >= 4 is 23.2 Å². The number of nitro benzene ring substituents is 1. The summed E-state index contributed by atoms with van der Waals surface area (Å²) in [5.41, 5.74) is -0.111. The Morgan fingerprint density at radius 3 is 2.79 bits per heavy atom. The van der Waals surface area contributed by atoms with Crippen LogP contribution in [-0.4, -0.2) is 28.8 Å². The minimum absolute atomic E-state index is 0.0124. The predicted octanol–water partition coefficient (Wildman–Crippen LogP) is 2.62. The Morgan fingerprint density at radius 2 is 2.26 bits per heavy atom. The molecule has 0 saturated heterocycles. The van der Waals surface area contributed by atoms with Gasteiger partial charge in [-0.2, -0.15) is 5.26 Å². The second-order valence-corrected chi connectivity index (χ2v) is 4.12. The zero-order valence-corrected chi connectivity index (χ0v) is 11.1. The van der Waals surface area contributed by atoms with E-state index >= 15 is 0 Å². The minimum Gasteiger partial charge on any atom is -0.338 e. The first-order valence-corrected chi connectivity index (χ1v) is 5.99. The molecule has 0 aliphatic rings. The molecule has 0 aliphatic carbocycles. The topological polar surface area (TPSA) is 87.2 Å². The maximum Gasteiger partial charge on any atom is 0.288 e. The van der Waals surface area contributed by atoms with E-state index in [1.165, 1.54) is 17.0 Å². The molecule has 1 aromatic rings. The van der Waals surface area contributed by atoms with Gasteiger partial charge in [0, 0.05) is 24.7 Å². The maximum atomic E-state index is 12.1. The molecule has 6 nitrogen and oxygen atoms in total. The number of halogens is 1. The number of carbonyl (C=O) groups is 1. The van der Waals surface area contributed by atoms with Crippen LogP contribution in [-0.2, 0) is 0 Å². The number of rotatable bonds is 5. The lowest BCUT2D eigenvalue weighted by Gasteiger charge is -2.19. The van der Waals surface area contributed by atoms with Gasteiger partial charge in [-0.3, -0.25) is 14.9 Å². The van der Waals surface area contributed by atoms with Crippen LogP contribution in [0.25, 0.3) is 0 Å². The monoisotopic (exact) mass is 281 g/mol. The summed E-state index contributed by atoms with van der Waals surface area (Å²) in [6, 6.07) is 5.87. The first kappa shape index (κ1) is 14.9. The summed E-state index contributed by atoms with van der Waals surface area (Å²) in [6.45, 7) is 2.50. The Balaban J connectivity index is 3.02. The van der Waals surface area contributed by atoms with Gasteiger partial charge < -0.3 is 4.90 Å². The molecule has 1 aromatic carbocycles. The van der Waals surface area contributed by atoms with Gasteiger partial charge in [-0.25, -0.2) is 0 Å². The van der Waals surface area contributed by atoms with Crippen molar-refractivity contribution in [3.05, 3.63) is 38.9 Å². The molecule has 0 atom stereocenters. The summed E-state index contributed by atoms with van der Waals surface area (Å²) in [5.74, 6) is -0.350. The van der Waals surface area contributed by atoms with E-state index in [4.69, 9.17) is 16.9 Å². The highest BCUT2D eigenvalue weighted by Gasteiger charge is 2.19. The summed E-state index contributed by atoms with van der Waals surface area (Å²) in [7, 11) is 0. The third-order valence-electron chi connectivity index (χ3n) is 2.55. The first-order valence-electron chi connectivity index (χ1n) is 5.61. The van der Waals surface area contributed by atoms with Crippen molar-refractivity contribution in [3.63, 3.8) is 0 Å². The molecule has 0 saturated carbocycles. The molecule has 100 valence electrons. The zero-order chi connectivity index (χ0) is 14.4. The lowest BCUT2D eigenvalue weighted by atomic mass is 10.1. The number of nitriles is 1. The van der Waals surface area contributed by atoms with Crippen LogP contribution in [0.5, 0.6) is 0 Å². The van der Waals surface area contributed by atoms with Gasteiger partial charge in [0.2, 0.25) is 0 Å². The number of hydrogen-bond donors (Lipinski definition) is 0. The van der Waals surface area contributed by atoms with Crippen LogP contribution < -0.4 is 0 Å². The molecule has 0 radical (unpaired) electrons. The highest BCUT2D eigenvalue weighted by Crippen LogP contribution is 2.25. The third kappa shape index (κ3) is 3.66. The van der Waals surface area contributed by atoms with E-state index in [1.807, 2.05) is 6.07 Å². The van der Waals surface area contributed by atoms with Gasteiger partial charge in [0.05, 0.1) is 17.4 Å². The number of amides is 1. The number of nitro groups is 1. The van der Waals surface area contributed by atoms with Gasteiger partial charge in [0.1, 0.15) is 5.02 Å². The summed E-state index contributed by atoms with van der Waals surface area (Å²) in [6.07, 6.45) is 0.218. The summed E-state index contributed by atoms with van der Waals surface area (Å²) >= 11 is 5.68. The van der Waals surface area contributed by atoms with Crippen LogP contribution in [0.15, 0.2) is 18.2 Å². The Hall–Kier alpha value is -2.13. The quantitative estimate of drug-likeness (QED) is 0.613. The fourth-order valence-corrected chi connectivity index (χ4v) is 1.74. The van der Waals surface area contributed by atoms with Gasteiger partial charge in [-0.05, 0) is 19.1 Å². The highest BCUT2D eigenvalue weighted by molar-refractivity contribution is 6.32. The summed E-state index contributed by atoms with van der Waals surface area (Å²) in [5, 5.41) is 19.3. The Labute approximate surface area is 115 Å². The SMILES string of the molecule is CCN(CCC#N)C(=O)c1ccc(Cl)c([N+](=O)[O-])c1. The maximum absolute atomic E-state index is 12.1. The Bertz CT molecular complexity index is 540. The van der Waals surface area contributed by atoms with E-state index in [0.29, 0.717) is 13.1 Å². The molecule has 0 heterocycles. The van der Waals surface area contributed by atoms with E-state index < -0.39 is 4.92 Å². The molecule has 0 bridgehead atoms. The predicted molar refractivity (Wildman–Crippen MR) is 69.9 cm³/mol. The van der Waals surface area contributed by atoms with Crippen molar-refractivity contribution in [2.24, 2.45) is 0 Å². The fourth-order valence-electron chi connectivity index (χ4n) is 1.56. The molecule has 0 N–H and O–H groups in total. The second-order valence-electron chi connectivity index (χ2n) is 3.72. The Kier molecular flexibility index (Phi) is 5.27. The highest BCUT2D eigenvalue weighted by atomic mass is 35.5. The molecule has 0 unspecified atom stereocenters. The largest absolute Gasteiger partial charge is 0.338 e. The molecule has 19 heavy (non-hydrogen) atoms. The first-order chi connectivity index (χ1) is 9.01. The molecule has 0 spiro atoms. The van der Waals surface area contributed by atoms with Crippen LogP contribution in [0.1, 0.15) is 23.7 Å².